The average Bonchev–Trinajstić information content (AvgIpc) is 2.82. The van der Waals surface area contributed by atoms with Crippen LogP contribution >= 0.6 is 11.6 Å². The Morgan fingerprint density at radius 2 is 2.30 bits per heavy atom. The first-order chi connectivity index (χ1) is 9.61. The Bertz CT molecular complexity index is 823. The van der Waals surface area contributed by atoms with Gasteiger partial charge < -0.3 is 10.3 Å². The van der Waals surface area contributed by atoms with E-state index in [1.165, 1.54) is 0 Å². The predicted octanol–water partition coefficient (Wildman–Crippen LogP) is 1.92. The van der Waals surface area contributed by atoms with Crippen LogP contribution in [0, 0.1) is 0 Å². The summed E-state index contributed by atoms with van der Waals surface area (Å²) in [7, 11) is 1.84. The van der Waals surface area contributed by atoms with Crippen molar-refractivity contribution in [3.8, 4) is 0 Å². The van der Waals surface area contributed by atoms with Crippen molar-refractivity contribution >= 4 is 28.2 Å². The van der Waals surface area contributed by atoms with Gasteiger partial charge >= 0.3 is 0 Å². The van der Waals surface area contributed by atoms with Crippen molar-refractivity contribution in [2.45, 2.75) is 6.54 Å². The van der Waals surface area contributed by atoms with Gasteiger partial charge in [0.25, 0.3) is 5.56 Å². The molecule has 0 saturated heterocycles. The molecule has 0 radical (unpaired) electrons. The molecule has 2 heterocycles. The van der Waals surface area contributed by atoms with Crippen molar-refractivity contribution in [3.63, 3.8) is 0 Å². The van der Waals surface area contributed by atoms with Crippen molar-refractivity contribution in [3.05, 3.63) is 51.8 Å². The van der Waals surface area contributed by atoms with Crippen LogP contribution in [0.5, 0.6) is 0 Å². The fraction of sp³-hybridized carbons (Fsp3) is 0.154. The van der Waals surface area contributed by atoms with E-state index in [9.17, 15) is 4.79 Å². The second kappa shape index (κ2) is 4.97. The van der Waals surface area contributed by atoms with Gasteiger partial charge in [-0.3, -0.25) is 9.48 Å². The van der Waals surface area contributed by atoms with Gasteiger partial charge in [-0.2, -0.15) is 5.10 Å². The van der Waals surface area contributed by atoms with Crippen molar-refractivity contribution in [1.82, 2.24) is 19.7 Å². The van der Waals surface area contributed by atoms with E-state index in [2.05, 4.69) is 20.4 Å². The fourth-order valence-electron chi connectivity index (χ4n) is 1.94. The monoisotopic (exact) mass is 289 g/mol. The number of aromatic amines is 1. The molecule has 0 aliphatic rings. The summed E-state index contributed by atoms with van der Waals surface area (Å²) < 4.78 is 1.69. The van der Waals surface area contributed by atoms with E-state index in [0.29, 0.717) is 28.3 Å². The first kappa shape index (κ1) is 12.7. The Labute approximate surface area is 119 Å². The number of hydrogen-bond donors (Lipinski definition) is 2. The Balaban J connectivity index is 1.90. The highest BCUT2D eigenvalue weighted by Gasteiger charge is 2.05. The van der Waals surface area contributed by atoms with Crippen LogP contribution in [0.3, 0.4) is 0 Å². The SMILES string of the molecule is Cn1cc(NCc2nc3cc(Cl)ccc3c(=O)[nH]2)cn1. The molecular formula is C13H12ClN5O. The van der Waals surface area contributed by atoms with Gasteiger partial charge in [-0.1, -0.05) is 11.6 Å². The number of hydrogen-bond acceptors (Lipinski definition) is 4. The lowest BCUT2D eigenvalue weighted by Gasteiger charge is -2.04. The first-order valence-electron chi connectivity index (χ1n) is 6.03. The maximum Gasteiger partial charge on any atom is 0.258 e. The number of halogens is 1. The molecule has 20 heavy (non-hydrogen) atoms. The molecule has 7 heteroatoms. The van der Waals surface area contributed by atoms with Crippen molar-refractivity contribution in [2.24, 2.45) is 7.05 Å². The third-order valence-electron chi connectivity index (χ3n) is 2.88. The molecule has 0 saturated carbocycles. The standard InChI is InChI=1S/C13H12ClN5O/c1-19-7-9(5-16-19)15-6-12-17-11-4-8(14)2-3-10(11)13(20)18-12/h2-5,7,15H,6H2,1H3,(H,17,18,20). The van der Waals surface area contributed by atoms with Crippen molar-refractivity contribution in [2.75, 3.05) is 5.32 Å². The molecular weight excluding hydrogens is 278 g/mol. The number of aromatic nitrogens is 4. The summed E-state index contributed by atoms with van der Waals surface area (Å²) in [4.78, 5) is 19.1. The normalized spacial score (nSPS) is 10.9. The van der Waals surface area contributed by atoms with Gasteiger partial charge in [0.2, 0.25) is 0 Å². The quantitative estimate of drug-likeness (QED) is 0.772. The van der Waals surface area contributed by atoms with E-state index < -0.39 is 0 Å². The third-order valence-corrected chi connectivity index (χ3v) is 3.12. The lowest BCUT2D eigenvalue weighted by molar-refractivity contribution is 0.768. The van der Waals surface area contributed by atoms with Gasteiger partial charge in [0.1, 0.15) is 5.82 Å². The topological polar surface area (TPSA) is 75.6 Å². The van der Waals surface area contributed by atoms with Crippen LogP contribution in [0.25, 0.3) is 10.9 Å². The van der Waals surface area contributed by atoms with E-state index in [1.54, 1.807) is 29.1 Å². The molecule has 6 nitrogen and oxygen atoms in total. The minimum absolute atomic E-state index is 0.172. The molecule has 102 valence electrons. The number of rotatable bonds is 3. The molecule has 0 aliphatic carbocycles. The minimum Gasteiger partial charge on any atom is -0.375 e. The zero-order valence-electron chi connectivity index (χ0n) is 10.7. The van der Waals surface area contributed by atoms with Crippen LogP contribution < -0.4 is 10.9 Å². The molecule has 3 rings (SSSR count). The molecule has 0 bridgehead atoms. The van der Waals surface area contributed by atoms with Crippen LogP contribution in [0.15, 0.2) is 35.4 Å². The van der Waals surface area contributed by atoms with Gasteiger partial charge in [-0.05, 0) is 18.2 Å². The van der Waals surface area contributed by atoms with Crippen LogP contribution in [0.2, 0.25) is 5.02 Å². The number of anilines is 1. The Hall–Kier alpha value is -2.34. The molecule has 3 aromatic rings. The summed E-state index contributed by atoms with van der Waals surface area (Å²) in [6, 6.07) is 5.02. The van der Waals surface area contributed by atoms with Gasteiger partial charge in [-0.15, -0.1) is 0 Å². The minimum atomic E-state index is -0.172. The number of nitrogens with one attached hydrogen (secondary N) is 2. The van der Waals surface area contributed by atoms with Gasteiger partial charge in [-0.25, -0.2) is 4.98 Å². The largest absolute Gasteiger partial charge is 0.375 e. The van der Waals surface area contributed by atoms with Crippen LogP contribution in [0.4, 0.5) is 5.69 Å². The van der Waals surface area contributed by atoms with Crippen LogP contribution in [0.1, 0.15) is 5.82 Å². The number of fused-ring (bicyclic) bond motifs is 1. The smallest absolute Gasteiger partial charge is 0.258 e. The molecule has 0 aliphatic heterocycles. The molecule has 0 spiro atoms. The highest BCUT2D eigenvalue weighted by Crippen LogP contribution is 2.14. The third kappa shape index (κ3) is 2.50. The van der Waals surface area contributed by atoms with E-state index >= 15 is 0 Å². The van der Waals surface area contributed by atoms with E-state index in [4.69, 9.17) is 11.6 Å². The second-order valence-corrected chi connectivity index (χ2v) is 4.87. The fourth-order valence-corrected chi connectivity index (χ4v) is 2.11. The number of aryl methyl sites for hydroxylation is 1. The zero-order valence-corrected chi connectivity index (χ0v) is 11.5. The molecule has 2 N–H and O–H groups in total. The van der Waals surface area contributed by atoms with Crippen LogP contribution in [-0.2, 0) is 13.6 Å². The summed E-state index contributed by atoms with van der Waals surface area (Å²) >= 11 is 5.92. The highest BCUT2D eigenvalue weighted by molar-refractivity contribution is 6.31. The van der Waals surface area contributed by atoms with Gasteiger partial charge in [0.05, 0.1) is 29.3 Å². The van der Waals surface area contributed by atoms with E-state index in [0.717, 1.165) is 5.69 Å². The Morgan fingerprint density at radius 1 is 1.45 bits per heavy atom. The van der Waals surface area contributed by atoms with Crippen molar-refractivity contribution < 1.29 is 0 Å². The highest BCUT2D eigenvalue weighted by atomic mass is 35.5. The maximum atomic E-state index is 11.9. The molecule has 2 aromatic heterocycles. The lowest BCUT2D eigenvalue weighted by Crippen LogP contribution is -2.14. The van der Waals surface area contributed by atoms with Crippen LogP contribution in [-0.4, -0.2) is 19.7 Å². The first-order valence-corrected chi connectivity index (χ1v) is 6.40. The number of nitrogens with zero attached hydrogens (tertiary/aromatic N) is 3. The molecule has 0 fully saturated rings. The molecule has 0 amide bonds. The molecule has 0 atom stereocenters. The average molecular weight is 290 g/mol. The predicted molar refractivity (Wildman–Crippen MR) is 77.9 cm³/mol. The summed E-state index contributed by atoms with van der Waals surface area (Å²) in [5, 5.41) is 8.28. The number of H-pyrrole nitrogens is 1. The Morgan fingerprint density at radius 3 is 3.05 bits per heavy atom. The number of benzene rings is 1. The molecule has 1 aromatic carbocycles. The van der Waals surface area contributed by atoms with Gasteiger partial charge in [0, 0.05) is 18.3 Å². The second-order valence-electron chi connectivity index (χ2n) is 4.43. The summed E-state index contributed by atoms with van der Waals surface area (Å²) in [6.45, 7) is 0.406. The lowest BCUT2D eigenvalue weighted by atomic mass is 10.2. The van der Waals surface area contributed by atoms with E-state index in [1.807, 2.05) is 13.2 Å². The zero-order chi connectivity index (χ0) is 14.1. The van der Waals surface area contributed by atoms with E-state index in [-0.39, 0.29) is 5.56 Å². The Kier molecular flexibility index (Phi) is 3.15. The summed E-state index contributed by atoms with van der Waals surface area (Å²) in [6.07, 6.45) is 3.55. The maximum absolute atomic E-state index is 11.9. The van der Waals surface area contributed by atoms with Crippen molar-refractivity contribution in [1.29, 1.82) is 0 Å². The summed E-state index contributed by atoms with van der Waals surface area (Å²) in [5.74, 6) is 0.550. The molecule has 0 unspecified atom stereocenters. The van der Waals surface area contributed by atoms with Gasteiger partial charge in [0.15, 0.2) is 0 Å². The summed E-state index contributed by atoms with van der Waals surface area (Å²) in [5.41, 5.74) is 1.28.